The summed E-state index contributed by atoms with van der Waals surface area (Å²) >= 11 is 1.41. The van der Waals surface area contributed by atoms with Gasteiger partial charge in [0.05, 0.1) is 15.4 Å². The Balaban J connectivity index is 0.000000158. The molecule has 2 N–H and O–H groups in total. The highest BCUT2D eigenvalue weighted by Crippen LogP contribution is 2.36. The first-order valence-corrected chi connectivity index (χ1v) is 9.55. The molecule has 2 unspecified atom stereocenters. The van der Waals surface area contributed by atoms with E-state index in [0.29, 0.717) is 0 Å². The van der Waals surface area contributed by atoms with Crippen LogP contribution in [0.25, 0.3) is 10.6 Å². The van der Waals surface area contributed by atoms with Crippen LogP contribution in [-0.2, 0) is 6.42 Å². The number of nitrogens with zero attached hydrogens (tertiary/aromatic N) is 2. The van der Waals surface area contributed by atoms with Crippen LogP contribution in [0.15, 0.2) is 48.7 Å². The second kappa shape index (κ2) is 7.79. The number of hydrogen-bond donors (Lipinski definition) is 1. The van der Waals surface area contributed by atoms with Gasteiger partial charge in [0.15, 0.2) is 5.78 Å². The lowest BCUT2D eigenvalue weighted by Crippen LogP contribution is -1.97. The third-order valence-corrected chi connectivity index (χ3v) is 6.03. The van der Waals surface area contributed by atoms with E-state index in [2.05, 4.69) is 48.1 Å². The smallest absolute Gasteiger partial charge is 0.220 e. The number of rotatable bonds is 2. The van der Waals surface area contributed by atoms with Crippen molar-refractivity contribution in [2.75, 3.05) is 5.73 Å². The SMILES string of the molecule is CC(=O)c1ccc(-c2ccnc(N)n2)s1.CC1Cc2ccccc2C1C. The van der Waals surface area contributed by atoms with Crippen LogP contribution in [0.1, 0.15) is 47.5 Å². The summed E-state index contributed by atoms with van der Waals surface area (Å²) in [6.07, 6.45) is 2.88. The molecule has 2 atom stereocenters. The van der Waals surface area contributed by atoms with Gasteiger partial charge < -0.3 is 5.73 Å². The van der Waals surface area contributed by atoms with Crippen molar-refractivity contribution in [2.45, 2.75) is 33.1 Å². The number of nitrogen functional groups attached to an aromatic ring is 1. The molecule has 0 aliphatic heterocycles. The van der Waals surface area contributed by atoms with Gasteiger partial charge in [0.25, 0.3) is 0 Å². The molecule has 2 heterocycles. The van der Waals surface area contributed by atoms with E-state index in [4.69, 9.17) is 5.73 Å². The summed E-state index contributed by atoms with van der Waals surface area (Å²) in [6, 6.07) is 14.2. The molecule has 0 radical (unpaired) electrons. The van der Waals surface area contributed by atoms with Crippen molar-refractivity contribution in [1.82, 2.24) is 9.97 Å². The molecular weight excluding hydrogens is 342 g/mol. The second-order valence-corrected chi connectivity index (χ2v) is 7.77. The van der Waals surface area contributed by atoms with Gasteiger partial charge in [-0.15, -0.1) is 11.3 Å². The largest absolute Gasteiger partial charge is 0.368 e. The summed E-state index contributed by atoms with van der Waals surface area (Å²) in [5.41, 5.74) is 9.36. The van der Waals surface area contributed by atoms with Crippen LogP contribution in [0.2, 0.25) is 0 Å². The van der Waals surface area contributed by atoms with Gasteiger partial charge in [0, 0.05) is 6.20 Å². The maximum absolute atomic E-state index is 11.1. The van der Waals surface area contributed by atoms with Gasteiger partial charge in [-0.25, -0.2) is 9.97 Å². The maximum Gasteiger partial charge on any atom is 0.220 e. The molecule has 0 amide bonds. The number of Topliss-reactive ketones (excluding diaryl/α,β-unsaturated/α-hetero) is 1. The molecule has 0 saturated heterocycles. The molecule has 4 rings (SSSR count). The Bertz CT molecular complexity index is 919. The predicted molar refractivity (Wildman–Crippen MR) is 107 cm³/mol. The molecule has 0 bridgehead atoms. The lowest BCUT2D eigenvalue weighted by Gasteiger charge is -2.08. The number of fused-ring (bicyclic) bond motifs is 1. The van der Waals surface area contributed by atoms with Crippen LogP contribution in [0.3, 0.4) is 0 Å². The van der Waals surface area contributed by atoms with Gasteiger partial charge in [0.2, 0.25) is 5.95 Å². The monoisotopic (exact) mass is 365 g/mol. The van der Waals surface area contributed by atoms with Gasteiger partial charge in [-0.2, -0.15) is 0 Å². The quantitative estimate of drug-likeness (QED) is 0.651. The van der Waals surface area contributed by atoms with Crippen LogP contribution >= 0.6 is 11.3 Å². The predicted octanol–water partition coefficient (Wildman–Crippen LogP) is 4.97. The minimum absolute atomic E-state index is 0.0632. The zero-order valence-electron chi connectivity index (χ0n) is 15.3. The number of benzene rings is 1. The van der Waals surface area contributed by atoms with Gasteiger partial charge in [-0.1, -0.05) is 38.1 Å². The third-order valence-electron chi connectivity index (χ3n) is 4.82. The number of thiophene rings is 1. The van der Waals surface area contributed by atoms with E-state index in [1.807, 2.05) is 6.07 Å². The van der Waals surface area contributed by atoms with E-state index in [9.17, 15) is 4.79 Å². The van der Waals surface area contributed by atoms with E-state index >= 15 is 0 Å². The summed E-state index contributed by atoms with van der Waals surface area (Å²) in [7, 11) is 0. The highest BCUT2D eigenvalue weighted by molar-refractivity contribution is 7.17. The Morgan fingerprint density at radius 2 is 1.92 bits per heavy atom. The fraction of sp³-hybridized carbons (Fsp3) is 0.286. The second-order valence-electron chi connectivity index (χ2n) is 6.69. The third kappa shape index (κ3) is 3.99. The van der Waals surface area contributed by atoms with Crippen molar-refractivity contribution in [1.29, 1.82) is 0 Å². The van der Waals surface area contributed by atoms with E-state index in [-0.39, 0.29) is 11.7 Å². The number of ketones is 1. The Morgan fingerprint density at radius 1 is 1.15 bits per heavy atom. The number of aromatic nitrogens is 2. The van der Waals surface area contributed by atoms with Crippen molar-refractivity contribution < 1.29 is 4.79 Å². The van der Waals surface area contributed by atoms with Crippen LogP contribution in [0.5, 0.6) is 0 Å². The topological polar surface area (TPSA) is 68.9 Å². The lowest BCUT2D eigenvalue weighted by atomic mass is 9.97. The summed E-state index contributed by atoms with van der Waals surface area (Å²) in [4.78, 5) is 20.7. The number of hydrogen-bond acceptors (Lipinski definition) is 5. The molecular formula is C21H23N3OS. The molecule has 0 fully saturated rings. The minimum atomic E-state index is 0.0632. The first-order chi connectivity index (χ1) is 12.5. The van der Waals surface area contributed by atoms with Crippen molar-refractivity contribution >= 4 is 23.1 Å². The van der Waals surface area contributed by atoms with Gasteiger partial charge in [-0.3, -0.25) is 4.79 Å². The van der Waals surface area contributed by atoms with Crippen LogP contribution in [0, 0.1) is 5.92 Å². The van der Waals surface area contributed by atoms with E-state index in [1.54, 1.807) is 36.4 Å². The summed E-state index contributed by atoms with van der Waals surface area (Å²) < 4.78 is 0. The summed E-state index contributed by atoms with van der Waals surface area (Å²) in [5.74, 6) is 1.91. The maximum atomic E-state index is 11.1. The van der Waals surface area contributed by atoms with Crippen molar-refractivity contribution in [2.24, 2.45) is 5.92 Å². The first-order valence-electron chi connectivity index (χ1n) is 8.73. The fourth-order valence-electron chi connectivity index (χ4n) is 3.17. The molecule has 4 nitrogen and oxygen atoms in total. The molecule has 3 aromatic rings. The van der Waals surface area contributed by atoms with Gasteiger partial charge >= 0.3 is 0 Å². The Hall–Kier alpha value is -2.53. The fourth-order valence-corrected chi connectivity index (χ4v) is 4.04. The van der Waals surface area contributed by atoms with Crippen LogP contribution < -0.4 is 5.73 Å². The summed E-state index contributed by atoms with van der Waals surface area (Å²) in [5, 5.41) is 0. The van der Waals surface area contributed by atoms with Crippen molar-refractivity contribution in [3.05, 3.63) is 64.7 Å². The molecule has 1 aliphatic rings. The average Bonchev–Trinajstić information content (AvgIpc) is 3.22. The van der Waals surface area contributed by atoms with Gasteiger partial charge in [-0.05, 0) is 54.5 Å². The van der Waals surface area contributed by atoms with E-state index in [0.717, 1.165) is 27.3 Å². The average molecular weight is 366 g/mol. The Labute approximate surface area is 158 Å². The van der Waals surface area contributed by atoms with Crippen molar-refractivity contribution in [3.63, 3.8) is 0 Å². The molecule has 0 saturated carbocycles. The highest BCUT2D eigenvalue weighted by Gasteiger charge is 2.24. The Kier molecular flexibility index (Phi) is 5.47. The normalized spacial score (nSPS) is 18.0. The molecule has 26 heavy (non-hydrogen) atoms. The van der Waals surface area contributed by atoms with Gasteiger partial charge in [0.1, 0.15) is 0 Å². The molecule has 5 heteroatoms. The minimum Gasteiger partial charge on any atom is -0.368 e. The van der Waals surface area contributed by atoms with E-state index < -0.39 is 0 Å². The number of carbonyl (C=O) groups excluding carboxylic acids is 1. The zero-order chi connectivity index (χ0) is 18.7. The number of anilines is 1. The number of carbonyl (C=O) groups is 1. The van der Waals surface area contributed by atoms with Crippen molar-refractivity contribution in [3.8, 4) is 10.6 Å². The molecule has 1 aromatic carbocycles. The van der Waals surface area contributed by atoms with Crippen LogP contribution in [-0.4, -0.2) is 15.8 Å². The van der Waals surface area contributed by atoms with E-state index in [1.165, 1.54) is 17.8 Å². The number of nitrogens with two attached hydrogens (primary N) is 1. The molecule has 0 spiro atoms. The zero-order valence-corrected chi connectivity index (χ0v) is 16.1. The lowest BCUT2D eigenvalue weighted by molar-refractivity contribution is 0.102. The Morgan fingerprint density at radius 3 is 2.58 bits per heavy atom. The van der Waals surface area contributed by atoms with Crippen LogP contribution in [0.4, 0.5) is 5.95 Å². The molecule has 2 aromatic heterocycles. The standard InChI is InChI=1S/C11H14.C10H9N3OS/c1-8-7-10-5-3-4-6-11(10)9(8)2;1-6(14)8-2-3-9(15-8)7-4-5-12-10(11)13-7/h3-6,8-9H,7H2,1-2H3;2-5H,1H3,(H2,11,12,13). The molecule has 1 aliphatic carbocycles. The first kappa shape index (κ1) is 18.3. The molecule has 134 valence electrons. The summed E-state index contributed by atoms with van der Waals surface area (Å²) in [6.45, 7) is 6.21. The highest BCUT2D eigenvalue weighted by atomic mass is 32.1.